The van der Waals surface area contributed by atoms with Crippen molar-refractivity contribution in [3.63, 3.8) is 0 Å². The lowest BCUT2D eigenvalue weighted by atomic mass is 9.90. The number of aromatic nitrogens is 1. The number of rotatable bonds is 7. The van der Waals surface area contributed by atoms with Gasteiger partial charge in [-0.15, -0.1) is 11.3 Å². The van der Waals surface area contributed by atoms with Gasteiger partial charge in [0.25, 0.3) is 0 Å². The maximum atomic E-state index is 13.7. The molecule has 1 heterocycles. The summed E-state index contributed by atoms with van der Waals surface area (Å²) in [5.41, 5.74) is 2.79. The van der Waals surface area contributed by atoms with Crippen molar-refractivity contribution in [2.75, 3.05) is 11.9 Å². The summed E-state index contributed by atoms with van der Waals surface area (Å²) in [6, 6.07) is 19.7. The maximum absolute atomic E-state index is 13.7. The molecule has 1 N–H and O–H groups in total. The van der Waals surface area contributed by atoms with Gasteiger partial charge in [-0.2, -0.15) is 0 Å². The summed E-state index contributed by atoms with van der Waals surface area (Å²) in [7, 11) is 0. The Morgan fingerprint density at radius 1 is 1.03 bits per heavy atom. The minimum absolute atomic E-state index is 0.0310. The zero-order valence-corrected chi connectivity index (χ0v) is 18.0. The highest BCUT2D eigenvalue weighted by Crippen LogP contribution is 2.33. The Morgan fingerprint density at radius 2 is 1.60 bits per heavy atom. The van der Waals surface area contributed by atoms with Crippen LogP contribution in [0.1, 0.15) is 40.5 Å². The van der Waals surface area contributed by atoms with Crippen LogP contribution in [-0.2, 0) is 9.59 Å². The van der Waals surface area contributed by atoms with Gasteiger partial charge in [-0.3, -0.25) is 9.59 Å². The molecule has 0 bridgehead atoms. The molecule has 0 unspecified atom stereocenters. The molecule has 1 aromatic heterocycles. The highest BCUT2D eigenvalue weighted by atomic mass is 32.1. The quantitative estimate of drug-likeness (QED) is 0.612. The topological polar surface area (TPSA) is 62.3 Å². The number of aryl methyl sites for hydroxylation is 2. The average molecular weight is 420 g/mol. The van der Waals surface area contributed by atoms with Crippen molar-refractivity contribution in [3.8, 4) is 0 Å². The van der Waals surface area contributed by atoms with Crippen LogP contribution in [0.5, 0.6) is 0 Å². The summed E-state index contributed by atoms with van der Waals surface area (Å²) in [5, 5.41) is 3.45. The van der Waals surface area contributed by atoms with Crippen molar-refractivity contribution in [3.05, 3.63) is 82.4 Å². The summed E-state index contributed by atoms with van der Waals surface area (Å²) in [5.74, 6) is -0.662. The van der Waals surface area contributed by atoms with Gasteiger partial charge < -0.3 is 10.2 Å². The Balaban J connectivity index is 1.57. The Hall–Kier alpha value is -2.99. The van der Waals surface area contributed by atoms with E-state index in [1.807, 2.05) is 74.5 Å². The molecule has 3 aromatic rings. The third-order valence-corrected chi connectivity index (χ3v) is 6.36. The summed E-state index contributed by atoms with van der Waals surface area (Å²) >= 11 is 1.46. The van der Waals surface area contributed by atoms with Crippen LogP contribution in [-0.4, -0.2) is 34.3 Å². The molecule has 1 aliphatic rings. The molecule has 0 radical (unpaired) electrons. The van der Waals surface area contributed by atoms with Crippen LogP contribution in [0.15, 0.2) is 60.7 Å². The van der Waals surface area contributed by atoms with Crippen molar-refractivity contribution in [2.24, 2.45) is 0 Å². The van der Waals surface area contributed by atoms with E-state index in [-0.39, 0.29) is 24.4 Å². The molecular weight excluding hydrogens is 394 g/mol. The van der Waals surface area contributed by atoms with E-state index in [4.69, 9.17) is 0 Å². The van der Waals surface area contributed by atoms with Crippen LogP contribution in [0.4, 0.5) is 5.13 Å². The maximum Gasteiger partial charge on any atom is 0.245 e. The van der Waals surface area contributed by atoms with Crippen molar-refractivity contribution in [2.45, 2.75) is 38.6 Å². The van der Waals surface area contributed by atoms with E-state index in [1.165, 1.54) is 11.3 Å². The van der Waals surface area contributed by atoms with Gasteiger partial charge in [-0.1, -0.05) is 60.7 Å². The van der Waals surface area contributed by atoms with Gasteiger partial charge in [0.1, 0.15) is 6.54 Å². The minimum Gasteiger partial charge on any atom is -0.330 e. The van der Waals surface area contributed by atoms with E-state index in [1.54, 1.807) is 4.90 Å². The van der Waals surface area contributed by atoms with E-state index in [9.17, 15) is 9.59 Å². The Labute approximate surface area is 180 Å². The molecule has 30 heavy (non-hydrogen) atoms. The van der Waals surface area contributed by atoms with Gasteiger partial charge in [0, 0.05) is 10.9 Å². The average Bonchev–Trinajstić information content (AvgIpc) is 3.53. The monoisotopic (exact) mass is 419 g/mol. The fraction of sp³-hybridized carbons (Fsp3) is 0.292. The number of benzene rings is 2. The molecule has 2 aromatic carbocycles. The second-order valence-electron chi connectivity index (χ2n) is 7.66. The molecule has 154 valence electrons. The van der Waals surface area contributed by atoms with Crippen LogP contribution >= 0.6 is 11.3 Å². The molecule has 0 spiro atoms. The zero-order chi connectivity index (χ0) is 21.1. The molecule has 4 rings (SSSR count). The van der Waals surface area contributed by atoms with Crippen molar-refractivity contribution in [1.82, 2.24) is 9.88 Å². The van der Waals surface area contributed by atoms with Gasteiger partial charge in [-0.05, 0) is 37.8 Å². The molecule has 6 heteroatoms. The highest BCUT2D eigenvalue weighted by molar-refractivity contribution is 7.15. The Bertz CT molecular complexity index is 970. The summed E-state index contributed by atoms with van der Waals surface area (Å²) in [4.78, 5) is 33.6. The molecule has 2 amide bonds. The number of anilines is 1. The smallest absolute Gasteiger partial charge is 0.245 e. The lowest BCUT2D eigenvalue weighted by Gasteiger charge is -2.27. The molecule has 0 saturated heterocycles. The van der Waals surface area contributed by atoms with Gasteiger partial charge >= 0.3 is 0 Å². The second-order valence-corrected chi connectivity index (χ2v) is 8.86. The molecule has 5 nitrogen and oxygen atoms in total. The third kappa shape index (κ3) is 4.60. The zero-order valence-electron chi connectivity index (χ0n) is 17.2. The van der Waals surface area contributed by atoms with E-state index >= 15 is 0 Å². The predicted molar refractivity (Wildman–Crippen MR) is 120 cm³/mol. The third-order valence-electron chi connectivity index (χ3n) is 5.37. The normalized spacial score (nSPS) is 13.3. The molecular formula is C24H25N3O2S. The van der Waals surface area contributed by atoms with Crippen molar-refractivity contribution < 1.29 is 9.59 Å². The molecule has 1 aliphatic carbocycles. The number of carbonyl (C=O) groups excluding carboxylic acids is 2. The predicted octanol–water partition coefficient (Wildman–Crippen LogP) is 4.52. The molecule has 1 saturated carbocycles. The lowest BCUT2D eigenvalue weighted by molar-refractivity contribution is -0.135. The van der Waals surface area contributed by atoms with Crippen molar-refractivity contribution >= 4 is 28.3 Å². The van der Waals surface area contributed by atoms with E-state index < -0.39 is 5.92 Å². The van der Waals surface area contributed by atoms with Gasteiger partial charge in [-0.25, -0.2) is 4.98 Å². The number of hydrogen-bond donors (Lipinski definition) is 1. The van der Waals surface area contributed by atoms with Gasteiger partial charge in [0.2, 0.25) is 11.8 Å². The minimum atomic E-state index is -0.426. The van der Waals surface area contributed by atoms with Crippen LogP contribution in [0.2, 0.25) is 0 Å². The SMILES string of the molecule is Cc1nc(NC(=O)CN(C(=O)C(c2ccccc2)c2ccccc2)C2CC2)sc1C. The van der Waals surface area contributed by atoms with E-state index in [0.29, 0.717) is 5.13 Å². The number of carbonyl (C=O) groups is 2. The van der Waals surface area contributed by atoms with Crippen LogP contribution in [0.3, 0.4) is 0 Å². The molecule has 0 atom stereocenters. The number of amides is 2. The van der Waals surface area contributed by atoms with Gasteiger partial charge in [0.15, 0.2) is 5.13 Å². The second kappa shape index (κ2) is 8.79. The largest absolute Gasteiger partial charge is 0.330 e. The van der Waals surface area contributed by atoms with Crippen molar-refractivity contribution in [1.29, 1.82) is 0 Å². The number of thiazole rings is 1. The summed E-state index contributed by atoms with van der Waals surface area (Å²) in [6.45, 7) is 3.94. The first-order chi connectivity index (χ1) is 14.5. The van der Waals surface area contributed by atoms with Gasteiger partial charge in [0.05, 0.1) is 11.6 Å². The van der Waals surface area contributed by atoms with E-state index in [2.05, 4.69) is 10.3 Å². The molecule has 0 aliphatic heterocycles. The lowest BCUT2D eigenvalue weighted by Crippen LogP contribution is -2.42. The van der Waals surface area contributed by atoms with Crippen LogP contribution < -0.4 is 5.32 Å². The van der Waals surface area contributed by atoms with E-state index in [0.717, 1.165) is 34.5 Å². The Kier molecular flexibility index (Phi) is 5.95. The summed E-state index contributed by atoms with van der Waals surface area (Å²) in [6.07, 6.45) is 1.87. The first kappa shape index (κ1) is 20.3. The number of nitrogens with zero attached hydrogens (tertiary/aromatic N) is 2. The number of hydrogen-bond acceptors (Lipinski definition) is 4. The Morgan fingerprint density at radius 3 is 2.07 bits per heavy atom. The highest BCUT2D eigenvalue weighted by Gasteiger charge is 2.38. The first-order valence-electron chi connectivity index (χ1n) is 10.2. The standard InChI is InChI=1S/C24H25N3O2S/c1-16-17(2)30-24(25-16)26-21(28)15-27(20-13-14-20)23(29)22(18-9-5-3-6-10-18)19-11-7-4-8-12-19/h3-12,20,22H,13-15H2,1-2H3,(H,25,26,28). The van der Waals surface area contributed by atoms with Crippen LogP contribution in [0.25, 0.3) is 0 Å². The van der Waals surface area contributed by atoms with Crippen LogP contribution in [0, 0.1) is 13.8 Å². The summed E-state index contributed by atoms with van der Waals surface area (Å²) < 4.78 is 0. The first-order valence-corrected chi connectivity index (χ1v) is 11.0. The fourth-order valence-electron chi connectivity index (χ4n) is 3.55. The molecule has 1 fully saturated rings. The fourth-order valence-corrected chi connectivity index (χ4v) is 4.38. The number of nitrogens with one attached hydrogen (secondary N) is 1.